The van der Waals surface area contributed by atoms with E-state index in [4.69, 9.17) is 0 Å². The quantitative estimate of drug-likeness (QED) is 0.876. The zero-order valence-corrected chi connectivity index (χ0v) is 15.4. The molecule has 3 rings (SSSR count). The van der Waals surface area contributed by atoms with E-state index in [0.717, 1.165) is 51.1 Å². The molecule has 3 heterocycles. The smallest absolute Gasteiger partial charge is 0.237 e. The molecule has 2 saturated heterocycles. The number of nitrogens with zero attached hydrogens (tertiary/aromatic N) is 2. The molecule has 0 aromatic carbocycles. The molecule has 1 aromatic rings. The predicted octanol–water partition coefficient (Wildman–Crippen LogP) is 2.37. The Morgan fingerprint density at radius 1 is 1.33 bits per heavy atom. The van der Waals surface area contributed by atoms with Crippen LogP contribution in [0.25, 0.3) is 0 Å². The van der Waals surface area contributed by atoms with Gasteiger partial charge in [-0.1, -0.05) is 19.9 Å². The number of hydrogen-bond acceptors (Lipinski definition) is 4. The fourth-order valence-corrected chi connectivity index (χ4v) is 3.74. The predicted molar refractivity (Wildman–Crippen MR) is 99.7 cm³/mol. The van der Waals surface area contributed by atoms with E-state index in [0.29, 0.717) is 0 Å². The Hall–Kier alpha value is -1.33. The van der Waals surface area contributed by atoms with Crippen molar-refractivity contribution in [2.75, 3.05) is 24.5 Å². The van der Waals surface area contributed by atoms with Gasteiger partial charge >= 0.3 is 0 Å². The van der Waals surface area contributed by atoms with Crippen molar-refractivity contribution < 1.29 is 4.79 Å². The van der Waals surface area contributed by atoms with Crippen molar-refractivity contribution in [2.24, 2.45) is 5.41 Å². The van der Waals surface area contributed by atoms with E-state index in [1.54, 1.807) is 0 Å². The molecule has 0 bridgehead atoms. The van der Waals surface area contributed by atoms with Crippen molar-refractivity contribution in [1.29, 1.82) is 0 Å². The van der Waals surface area contributed by atoms with Gasteiger partial charge in [0, 0.05) is 25.3 Å². The highest BCUT2D eigenvalue weighted by Gasteiger charge is 2.37. The maximum Gasteiger partial charge on any atom is 0.237 e. The van der Waals surface area contributed by atoms with E-state index >= 15 is 0 Å². The Bertz CT molecular complexity index is 529. The molecule has 1 unspecified atom stereocenters. The van der Waals surface area contributed by atoms with Gasteiger partial charge in [-0.15, -0.1) is 12.4 Å². The first-order valence-corrected chi connectivity index (χ1v) is 8.76. The molecule has 6 heteroatoms. The van der Waals surface area contributed by atoms with Crippen LogP contribution in [0.4, 0.5) is 5.82 Å². The summed E-state index contributed by atoms with van der Waals surface area (Å²) in [4.78, 5) is 19.3. The zero-order valence-electron chi connectivity index (χ0n) is 14.6. The van der Waals surface area contributed by atoms with Gasteiger partial charge in [-0.25, -0.2) is 4.98 Å². The van der Waals surface area contributed by atoms with Crippen LogP contribution in [0.5, 0.6) is 0 Å². The third-order valence-electron chi connectivity index (χ3n) is 5.20. The van der Waals surface area contributed by atoms with Crippen molar-refractivity contribution in [1.82, 2.24) is 15.6 Å². The molecule has 2 aliphatic rings. The minimum atomic E-state index is -0.0648. The van der Waals surface area contributed by atoms with Crippen LogP contribution < -0.4 is 15.5 Å². The lowest BCUT2D eigenvalue weighted by Gasteiger charge is -2.40. The third kappa shape index (κ3) is 4.39. The molecule has 134 valence electrons. The van der Waals surface area contributed by atoms with Crippen LogP contribution in [0.1, 0.15) is 39.5 Å². The number of hydrogen-bond donors (Lipinski definition) is 2. The van der Waals surface area contributed by atoms with Gasteiger partial charge in [0.05, 0.1) is 6.04 Å². The standard InChI is InChI=1S/C18H28N4O.ClH/c1-18(2)9-5-11-20-16(18)17(23)21-14-7-12-22(13-8-14)15-6-3-4-10-19-15;/h3-4,6,10,14,16,20H,5,7-9,11-13H2,1-2H3,(H,21,23);1H. The van der Waals surface area contributed by atoms with E-state index in [9.17, 15) is 4.79 Å². The topological polar surface area (TPSA) is 57.3 Å². The van der Waals surface area contributed by atoms with Crippen molar-refractivity contribution >= 4 is 24.1 Å². The van der Waals surface area contributed by atoms with Crippen molar-refractivity contribution in [3.63, 3.8) is 0 Å². The van der Waals surface area contributed by atoms with Crippen LogP contribution >= 0.6 is 12.4 Å². The average molecular weight is 353 g/mol. The number of halogens is 1. The molecule has 2 N–H and O–H groups in total. The monoisotopic (exact) mass is 352 g/mol. The second-order valence-corrected chi connectivity index (χ2v) is 7.44. The van der Waals surface area contributed by atoms with Gasteiger partial charge in [-0.2, -0.15) is 0 Å². The Balaban J connectivity index is 0.00000208. The van der Waals surface area contributed by atoms with Gasteiger partial charge in [-0.05, 0) is 49.8 Å². The zero-order chi connectivity index (χ0) is 16.3. The molecule has 2 aliphatic heterocycles. The minimum Gasteiger partial charge on any atom is -0.356 e. The summed E-state index contributed by atoms with van der Waals surface area (Å²) in [5.41, 5.74) is 0.0387. The number of carbonyl (C=O) groups excluding carboxylic acids is 1. The number of aromatic nitrogens is 1. The maximum absolute atomic E-state index is 12.6. The maximum atomic E-state index is 12.6. The average Bonchev–Trinajstić information content (AvgIpc) is 2.56. The number of pyridine rings is 1. The lowest BCUT2D eigenvalue weighted by atomic mass is 9.77. The Morgan fingerprint density at radius 2 is 2.08 bits per heavy atom. The molecule has 24 heavy (non-hydrogen) atoms. The minimum absolute atomic E-state index is 0. The molecule has 0 radical (unpaired) electrons. The van der Waals surface area contributed by atoms with E-state index in [2.05, 4.69) is 34.4 Å². The molecule has 1 atom stereocenters. The second-order valence-electron chi connectivity index (χ2n) is 7.44. The van der Waals surface area contributed by atoms with Crippen LogP contribution in [0.3, 0.4) is 0 Å². The highest BCUT2D eigenvalue weighted by atomic mass is 35.5. The van der Waals surface area contributed by atoms with Crippen molar-refractivity contribution in [3.8, 4) is 0 Å². The number of anilines is 1. The molecule has 1 amide bonds. The number of carbonyl (C=O) groups is 1. The summed E-state index contributed by atoms with van der Waals surface area (Å²) < 4.78 is 0. The highest BCUT2D eigenvalue weighted by molar-refractivity contribution is 5.85. The second kappa shape index (κ2) is 8.17. The lowest BCUT2D eigenvalue weighted by Crippen LogP contribution is -2.58. The van der Waals surface area contributed by atoms with Gasteiger partial charge in [0.1, 0.15) is 5.82 Å². The Labute approximate surface area is 151 Å². The SMILES string of the molecule is CC1(C)CCCNC1C(=O)NC1CCN(c2ccccn2)CC1.Cl. The summed E-state index contributed by atoms with van der Waals surface area (Å²) in [6.45, 7) is 7.21. The van der Waals surface area contributed by atoms with Crippen LogP contribution in [0, 0.1) is 5.41 Å². The normalized spacial score (nSPS) is 24.1. The molecule has 1 aromatic heterocycles. The van der Waals surface area contributed by atoms with Crippen LogP contribution in [-0.4, -0.2) is 42.6 Å². The molecule has 2 fully saturated rings. The molecule has 0 aliphatic carbocycles. The first kappa shape index (κ1) is 19.0. The molecule has 5 nitrogen and oxygen atoms in total. The summed E-state index contributed by atoms with van der Waals surface area (Å²) in [6, 6.07) is 6.22. The highest BCUT2D eigenvalue weighted by Crippen LogP contribution is 2.30. The summed E-state index contributed by atoms with van der Waals surface area (Å²) >= 11 is 0. The lowest BCUT2D eigenvalue weighted by molar-refractivity contribution is -0.127. The van der Waals surface area contributed by atoms with Crippen LogP contribution in [0.2, 0.25) is 0 Å². The van der Waals surface area contributed by atoms with E-state index in [-0.39, 0.29) is 35.8 Å². The molecular weight excluding hydrogens is 324 g/mol. The largest absolute Gasteiger partial charge is 0.356 e. The number of piperidine rings is 2. The van der Waals surface area contributed by atoms with Gasteiger partial charge in [-0.3, -0.25) is 4.79 Å². The van der Waals surface area contributed by atoms with Gasteiger partial charge < -0.3 is 15.5 Å². The van der Waals surface area contributed by atoms with Gasteiger partial charge in [0.2, 0.25) is 5.91 Å². The van der Waals surface area contributed by atoms with E-state index in [1.807, 2.05) is 24.4 Å². The Morgan fingerprint density at radius 3 is 2.71 bits per heavy atom. The van der Waals surface area contributed by atoms with Crippen LogP contribution in [-0.2, 0) is 4.79 Å². The molecular formula is C18H29ClN4O. The van der Waals surface area contributed by atoms with E-state index < -0.39 is 0 Å². The van der Waals surface area contributed by atoms with Gasteiger partial charge in [0.25, 0.3) is 0 Å². The fraction of sp³-hybridized carbons (Fsp3) is 0.667. The van der Waals surface area contributed by atoms with Crippen molar-refractivity contribution in [2.45, 2.75) is 51.6 Å². The summed E-state index contributed by atoms with van der Waals surface area (Å²) in [5.74, 6) is 1.21. The van der Waals surface area contributed by atoms with Gasteiger partial charge in [0.15, 0.2) is 0 Å². The molecule has 0 saturated carbocycles. The van der Waals surface area contributed by atoms with E-state index in [1.165, 1.54) is 0 Å². The summed E-state index contributed by atoms with van der Waals surface area (Å²) in [5, 5.41) is 6.67. The fourth-order valence-electron chi connectivity index (χ4n) is 3.74. The van der Waals surface area contributed by atoms with Crippen molar-refractivity contribution in [3.05, 3.63) is 24.4 Å². The molecule has 0 spiro atoms. The number of amides is 1. The summed E-state index contributed by atoms with van der Waals surface area (Å²) in [6.07, 6.45) is 6.06. The number of nitrogens with one attached hydrogen (secondary N) is 2. The first-order chi connectivity index (χ1) is 11.1. The van der Waals surface area contributed by atoms with Crippen LogP contribution in [0.15, 0.2) is 24.4 Å². The third-order valence-corrected chi connectivity index (χ3v) is 5.20. The Kier molecular flexibility index (Phi) is 6.47. The summed E-state index contributed by atoms with van der Waals surface area (Å²) in [7, 11) is 0. The number of rotatable bonds is 3. The first-order valence-electron chi connectivity index (χ1n) is 8.76.